The lowest BCUT2D eigenvalue weighted by Crippen LogP contribution is -2.15. The van der Waals surface area contributed by atoms with E-state index < -0.39 is 10.0 Å². The Hall–Kier alpha value is -2.71. The fourth-order valence-electron chi connectivity index (χ4n) is 2.16. The van der Waals surface area contributed by atoms with Crippen molar-refractivity contribution in [1.29, 1.82) is 0 Å². The third-order valence-electron chi connectivity index (χ3n) is 3.55. The summed E-state index contributed by atoms with van der Waals surface area (Å²) in [5, 5.41) is 5.24. The summed E-state index contributed by atoms with van der Waals surface area (Å²) in [5.41, 5.74) is 2.31. The zero-order valence-corrected chi connectivity index (χ0v) is 15.6. The third kappa shape index (κ3) is 4.47. The summed E-state index contributed by atoms with van der Waals surface area (Å²) in [6.45, 7) is 1.56. The van der Waals surface area contributed by atoms with Crippen LogP contribution in [0.15, 0.2) is 60.0 Å². The maximum absolute atomic E-state index is 12.3. The summed E-state index contributed by atoms with van der Waals surface area (Å²) in [6.07, 6.45) is 0. The molecule has 0 saturated carbocycles. The van der Waals surface area contributed by atoms with Crippen LogP contribution in [0.1, 0.15) is 17.4 Å². The van der Waals surface area contributed by atoms with Crippen molar-refractivity contribution in [2.75, 3.05) is 15.8 Å². The van der Waals surface area contributed by atoms with Gasteiger partial charge < -0.3 is 5.32 Å². The van der Waals surface area contributed by atoms with Gasteiger partial charge in [0.2, 0.25) is 10.0 Å². The lowest BCUT2D eigenvalue weighted by molar-refractivity contribution is 0.102. The van der Waals surface area contributed by atoms with Crippen LogP contribution in [0.4, 0.5) is 11.4 Å². The summed E-state index contributed by atoms with van der Waals surface area (Å²) >= 11 is 1.40. The molecular weight excluding hydrogens is 370 g/mol. The minimum absolute atomic E-state index is 0.000932. The van der Waals surface area contributed by atoms with Crippen molar-refractivity contribution in [2.24, 2.45) is 0 Å². The first kappa shape index (κ1) is 18.1. The largest absolute Gasteiger partial charge is 0.321 e. The Kier molecular flexibility index (Phi) is 5.34. The highest BCUT2D eigenvalue weighted by Crippen LogP contribution is 2.24. The van der Waals surface area contributed by atoms with E-state index in [1.807, 2.05) is 30.3 Å². The molecule has 0 unspecified atom stereocenters. The van der Waals surface area contributed by atoms with Crippen molar-refractivity contribution in [3.05, 3.63) is 65.7 Å². The highest BCUT2D eigenvalue weighted by atomic mass is 32.2. The number of amides is 1. The van der Waals surface area contributed by atoms with Gasteiger partial charge in [-0.3, -0.25) is 9.52 Å². The number of benzene rings is 2. The second-order valence-corrected chi connectivity index (χ2v) is 8.31. The molecule has 2 aromatic carbocycles. The van der Waals surface area contributed by atoms with E-state index in [4.69, 9.17) is 0 Å². The number of carbonyl (C=O) groups excluding carboxylic acids is 1. The Morgan fingerprint density at radius 3 is 2.35 bits per heavy atom. The van der Waals surface area contributed by atoms with Crippen LogP contribution in [0.3, 0.4) is 0 Å². The van der Waals surface area contributed by atoms with Crippen molar-refractivity contribution in [3.63, 3.8) is 0 Å². The fraction of sp³-hybridized carbons (Fsp3) is 0.111. The fourth-order valence-corrected chi connectivity index (χ4v) is 3.61. The van der Waals surface area contributed by atoms with Gasteiger partial charge in [-0.05, 0) is 31.2 Å². The van der Waals surface area contributed by atoms with Crippen LogP contribution in [0.2, 0.25) is 0 Å². The van der Waals surface area contributed by atoms with Gasteiger partial charge in [0.25, 0.3) is 5.91 Å². The van der Waals surface area contributed by atoms with Crippen LogP contribution >= 0.6 is 11.3 Å². The second-order valence-electron chi connectivity index (χ2n) is 5.44. The van der Waals surface area contributed by atoms with Crippen LogP contribution in [0, 0.1) is 0 Å². The van der Waals surface area contributed by atoms with Gasteiger partial charge in [-0.15, -0.1) is 11.3 Å². The Bertz CT molecular complexity index is 998. The summed E-state index contributed by atoms with van der Waals surface area (Å²) in [4.78, 5) is 16.7. The first-order valence-electron chi connectivity index (χ1n) is 7.90. The van der Waals surface area contributed by atoms with E-state index in [2.05, 4.69) is 15.0 Å². The van der Waals surface area contributed by atoms with Crippen molar-refractivity contribution < 1.29 is 13.2 Å². The maximum Gasteiger partial charge on any atom is 0.275 e. The molecule has 26 heavy (non-hydrogen) atoms. The Morgan fingerprint density at radius 2 is 1.69 bits per heavy atom. The minimum atomic E-state index is -3.32. The average Bonchev–Trinajstić information content (AvgIpc) is 3.14. The normalized spacial score (nSPS) is 11.1. The summed E-state index contributed by atoms with van der Waals surface area (Å²) in [6, 6.07) is 16.1. The van der Waals surface area contributed by atoms with E-state index in [-0.39, 0.29) is 11.7 Å². The molecule has 0 spiro atoms. The molecule has 6 nitrogen and oxygen atoms in total. The number of aromatic nitrogens is 1. The number of hydrogen-bond donors (Lipinski definition) is 2. The van der Waals surface area contributed by atoms with Gasteiger partial charge in [0, 0.05) is 22.3 Å². The Balaban J connectivity index is 1.68. The number of carbonyl (C=O) groups is 1. The van der Waals surface area contributed by atoms with Crippen LogP contribution in [-0.2, 0) is 10.0 Å². The molecule has 3 rings (SSSR count). The maximum atomic E-state index is 12.3. The first-order valence-corrected chi connectivity index (χ1v) is 10.4. The van der Waals surface area contributed by atoms with Crippen LogP contribution in [-0.4, -0.2) is 25.1 Å². The Morgan fingerprint density at radius 1 is 1.04 bits per heavy atom. The zero-order chi connectivity index (χ0) is 18.6. The average molecular weight is 387 g/mol. The quantitative estimate of drug-likeness (QED) is 0.673. The molecule has 134 valence electrons. The molecule has 0 radical (unpaired) electrons. The number of nitrogens with zero attached hydrogens (tertiary/aromatic N) is 1. The van der Waals surface area contributed by atoms with Crippen molar-refractivity contribution in [1.82, 2.24) is 4.98 Å². The van der Waals surface area contributed by atoms with Crippen LogP contribution in [0.25, 0.3) is 10.6 Å². The number of anilines is 2. The van der Waals surface area contributed by atoms with Gasteiger partial charge in [0.1, 0.15) is 10.7 Å². The molecule has 0 bridgehead atoms. The number of nitrogens with one attached hydrogen (secondary N) is 2. The predicted molar refractivity (Wildman–Crippen MR) is 105 cm³/mol. The summed E-state index contributed by atoms with van der Waals surface area (Å²) in [7, 11) is -3.32. The molecule has 0 saturated heterocycles. The summed E-state index contributed by atoms with van der Waals surface area (Å²) in [5.74, 6) is -0.315. The lowest BCUT2D eigenvalue weighted by atomic mass is 10.2. The highest BCUT2D eigenvalue weighted by Gasteiger charge is 2.12. The van der Waals surface area contributed by atoms with E-state index in [1.54, 1.807) is 36.6 Å². The van der Waals surface area contributed by atoms with Crippen molar-refractivity contribution >= 4 is 38.6 Å². The molecule has 3 aromatic rings. The SMILES string of the molecule is CCS(=O)(=O)Nc1ccc(NC(=O)c2csc(-c3ccccc3)n2)cc1. The molecule has 0 atom stereocenters. The third-order valence-corrected chi connectivity index (χ3v) is 5.75. The monoisotopic (exact) mass is 387 g/mol. The summed E-state index contributed by atoms with van der Waals surface area (Å²) < 4.78 is 25.5. The number of sulfonamides is 1. The number of thiazole rings is 1. The van der Waals surface area contributed by atoms with Gasteiger partial charge >= 0.3 is 0 Å². The van der Waals surface area contributed by atoms with Crippen LogP contribution in [0.5, 0.6) is 0 Å². The van der Waals surface area contributed by atoms with E-state index in [1.165, 1.54) is 11.3 Å². The molecule has 0 aliphatic rings. The van der Waals surface area contributed by atoms with Crippen molar-refractivity contribution in [3.8, 4) is 10.6 Å². The molecule has 1 heterocycles. The minimum Gasteiger partial charge on any atom is -0.321 e. The molecule has 2 N–H and O–H groups in total. The predicted octanol–water partition coefficient (Wildman–Crippen LogP) is 3.82. The van der Waals surface area contributed by atoms with Crippen molar-refractivity contribution in [2.45, 2.75) is 6.92 Å². The number of hydrogen-bond acceptors (Lipinski definition) is 5. The van der Waals surface area contributed by atoms with E-state index >= 15 is 0 Å². The molecule has 1 amide bonds. The van der Waals surface area contributed by atoms with Gasteiger partial charge in [0.05, 0.1) is 5.75 Å². The van der Waals surface area contributed by atoms with Gasteiger partial charge in [-0.25, -0.2) is 13.4 Å². The molecule has 1 aromatic heterocycles. The molecule has 8 heteroatoms. The smallest absolute Gasteiger partial charge is 0.275 e. The topological polar surface area (TPSA) is 88.2 Å². The van der Waals surface area contributed by atoms with Gasteiger partial charge in [-0.1, -0.05) is 30.3 Å². The first-order chi connectivity index (χ1) is 12.5. The molecule has 0 aliphatic carbocycles. The standard InChI is InChI=1S/C18H17N3O3S2/c1-2-26(23,24)21-15-10-8-14(9-11-15)19-17(22)16-12-25-18(20-16)13-6-4-3-5-7-13/h3-12,21H,2H2,1H3,(H,19,22). The lowest BCUT2D eigenvalue weighted by Gasteiger charge is -2.07. The second kappa shape index (κ2) is 7.67. The zero-order valence-electron chi connectivity index (χ0n) is 14.0. The highest BCUT2D eigenvalue weighted by molar-refractivity contribution is 7.92. The molecule has 0 fully saturated rings. The molecular formula is C18H17N3O3S2. The van der Waals surface area contributed by atoms with Gasteiger partial charge in [0.15, 0.2) is 0 Å². The Labute approximate surface area is 156 Å². The number of rotatable bonds is 6. The van der Waals surface area contributed by atoms with Gasteiger partial charge in [-0.2, -0.15) is 0 Å². The van der Waals surface area contributed by atoms with Crippen LogP contribution < -0.4 is 10.0 Å². The molecule has 0 aliphatic heterocycles. The van der Waals surface area contributed by atoms with E-state index in [0.717, 1.165) is 10.6 Å². The van der Waals surface area contributed by atoms with E-state index in [0.29, 0.717) is 17.1 Å². The van der Waals surface area contributed by atoms with E-state index in [9.17, 15) is 13.2 Å².